The molecular weight excluding hydrogens is 294 g/mol. The molecule has 1 unspecified atom stereocenters. The number of carbonyl (C=O) groups excluding carboxylic acids is 2. The van der Waals surface area contributed by atoms with Gasteiger partial charge < -0.3 is 15.4 Å². The number of nitrogens with zero attached hydrogens (tertiary/aromatic N) is 1. The first-order valence-electron chi connectivity index (χ1n) is 7.00. The summed E-state index contributed by atoms with van der Waals surface area (Å²) < 4.78 is 5.45. The van der Waals surface area contributed by atoms with E-state index in [9.17, 15) is 9.59 Å². The van der Waals surface area contributed by atoms with Crippen molar-refractivity contribution in [2.24, 2.45) is 0 Å². The fourth-order valence-electron chi connectivity index (χ4n) is 2.22. The van der Waals surface area contributed by atoms with Gasteiger partial charge in [-0.3, -0.25) is 9.59 Å². The van der Waals surface area contributed by atoms with Crippen LogP contribution in [0, 0.1) is 11.3 Å². The summed E-state index contributed by atoms with van der Waals surface area (Å²) >= 11 is 0. The number of benzene rings is 2. The van der Waals surface area contributed by atoms with E-state index in [-0.39, 0.29) is 11.8 Å². The summed E-state index contributed by atoms with van der Waals surface area (Å²) in [6.07, 6.45) is -0.559. The maximum absolute atomic E-state index is 12.3. The van der Waals surface area contributed by atoms with Crippen LogP contribution in [-0.2, 0) is 4.79 Å². The Bertz CT molecular complexity index is 839. The molecule has 0 bridgehead atoms. The molecule has 0 saturated carbocycles. The molecule has 1 heterocycles. The lowest BCUT2D eigenvalue weighted by Gasteiger charge is -2.23. The lowest BCUT2D eigenvalue weighted by atomic mass is 10.1. The Morgan fingerprint density at radius 1 is 1.30 bits per heavy atom. The van der Waals surface area contributed by atoms with Gasteiger partial charge in [-0.15, -0.1) is 0 Å². The lowest BCUT2D eigenvalue weighted by molar-refractivity contribution is -0.122. The summed E-state index contributed by atoms with van der Waals surface area (Å²) in [7, 11) is 0. The Balaban J connectivity index is 1.82. The van der Waals surface area contributed by atoms with Crippen molar-refractivity contribution in [2.45, 2.75) is 13.0 Å². The number of fused-ring (bicyclic) bond motifs is 1. The summed E-state index contributed by atoms with van der Waals surface area (Å²) in [6.45, 7) is 1.65. The van der Waals surface area contributed by atoms with Gasteiger partial charge in [0.25, 0.3) is 11.8 Å². The van der Waals surface area contributed by atoms with E-state index in [1.165, 1.54) is 0 Å². The molecule has 6 nitrogen and oxygen atoms in total. The highest BCUT2D eigenvalue weighted by atomic mass is 16.5. The first kappa shape index (κ1) is 14.6. The minimum Gasteiger partial charge on any atom is -0.479 e. The molecule has 0 radical (unpaired) electrons. The third-order valence-corrected chi connectivity index (χ3v) is 3.42. The molecule has 2 amide bonds. The maximum Gasteiger partial charge on any atom is 0.265 e. The van der Waals surface area contributed by atoms with Crippen LogP contribution < -0.4 is 15.4 Å². The van der Waals surface area contributed by atoms with Gasteiger partial charge in [-0.1, -0.05) is 6.07 Å². The van der Waals surface area contributed by atoms with Crippen LogP contribution in [0.25, 0.3) is 0 Å². The zero-order valence-electron chi connectivity index (χ0n) is 12.3. The zero-order valence-corrected chi connectivity index (χ0v) is 12.3. The molecule has 1 atom stereocenters. The highest BCUT2D eigenvalue weighted by Crippen LogP contribution is 2.30. The van der Waals surface area contributed by atoms with Crippen LogP contribution in [-0.4, -0.2) is 17.9 Å². The summed E-state index contributed by atoms with van der Waals surface area (Å²) in [5, 5.41) is 14.3. The molecular formula is C17H13N3O3. The average molecular weight is 307 g/mol. The Morgan fingerprint density at radius 2 is 2.13 bits per heavy atom. The molecule has 1 aliphatic rings. The molecule has 2 N–H and O–H groups in total. The molecule has 0 fully saturated rings. The number of anilines is 2. The molecule has 0 saturated heterocycles. The molecule has 0 aliphatic carbocycles. The summed E-state index contributed by atoms with van der Waals surface area (Å²) in [6, 6.07) is 13.5. The number of rotatable bonds is 2. The van der Waals surface area contributed by atoms with E-state index in [4.69, 9.17) is 10.00 Å². The van der Waals surface area contributed by atoms with Gasteiger partial charge in [0, 0.05) is 11.3 Å². The van der Waals surface area contributed by atoms with E-state index in [1.807, 2.05) is 6.07 Å². The Hall–Kier alpha value is -3.33. The van der Waals surface area contributed by atoms with E-state index >= 15 is 0 Å². The third kappa shape index (κ3) is 2.99. The van der Waals surface area contributed by atoms with Crippen LogP contribution in [0.2, 0.25) is 0 Å². The second kappa shape index (κ2) is 5.81. The van der Waals surface area contributed by atoms with E-state index in [2.05, 4.69) is 10.6 Å². The van der Waals surface area contributed by atoms with Crippen LogP contribution >= 0.6 is 0 Å². The van der Waals surface area contributed by atoms with Gasteiger partial charge >= 0.3 is 0 Å². The summed E-state index contributed by atoms with van der Waals surface area (Å²) in [5.41, 5.74) is 1.83. The predicted molar refractivity (Wildman–Crippen MR) is 84.3 cm³/mol. The van der Waals surface area contributed by atoms with Gasteiger partial charge in [-0.05, 0) is 43.3 Å². The van der Waals surface area contributed by atoms with Crippen molar-refractivity contribution in [1.82, 2.24) is 0 Å². The highest BCUT2D eigenvalue weighted by Gasteiger charge is 2.24. The fraction of sp³-hybridized carbons (Fsp3) is 0.118. The van der Waals surface area contributed by atoms with E-state index in [0.29, 0.717) is 28.3 Å². The first-order valence-corrected chi connectivity index (χ1v) is 7.00. The van der Waals surface area contributed by atoms with Gasteiger partial charge in [0.05, 0.1) is 17.3 Å². The van der Waals surface area contributed by atoms with Crippen LogP contribution in [0.4, 0.5) is 11.4 Å². The number of nitrogens with one attached hydrogen (secondary N) is 2. The molecule has 23 heavy (non-hydrogen) atoms. The van der Waals surface area contributed by atoms with Crippen molar-refractivity contribution in [3.8, 4) is 11.8 Å². The van der Waals surface area contributed by atoms with Gasteiger partial charge in [0.1, 0.15) is 5.75 Å². The Kier molecular flexibility index (Phi) is 3.69. The Labute approximate surface area is 132 Å². The van der Waals surface area contributed by atoms with Gasteiger partial charge in [-0.25, -0.2) is 0 Å². The number of carbonyl (C=O) groups is 2. The molecule has 1 aliphatic heterocycles. The predicted octanol–water partition coefficient (Wildman–Crippen LogP) is 2.53. The van der Waals surface area contributed by atoms with Crippen molar-refractivity contribution in [3.63, 3.8) is 0 Å². The fourth-order valence-corrected chi connectivity index (χ4v) is 2.22. The standard InChI is InChI=1S/C17H13N3O3/c1-10-16(21)20-14-8-12(5-6-15(14)23-10)17(22)19-13-4-2-3-11(7-13)9-18/h2-8,10H,1H3,(H,19,22)(H,20,21). The third-order valence-electron chi connectivity index (χ3n) is 3.42. The average Bonchev–Trinajstić information content (AvgIpc) is 2.55. The minimum absolute atomic E-state index is 0.253. The van der Waals surface area contributed by atoms with E-state index in [0.717, 1.165) is 0 Å². The van der Waals surface area contributed by atoms with Crippen LogP contribution in [0.5, 0.6) is 5.75 Å². The first-order chi connectivity index (χ1) is 11.1. The summed E-state index contributed by atoms with van der Waals surface area (Å²) in [4.78, 5) is 23.9. The maximum atomic E-state index is 12.3. The molecule has 3 rings (SSSR count). The van der Waals surface area contributed by atoms with E-state index in [1.54, 1.807) is 49.4 Å². The monoisotopic (exact) mass is 307 g/mol. The second-order valence-electron chi connectivity index (χ2n) is 5.11. The second-order valence-corrected chi connectivity index (χ2v) is 5.11. The number of hydrogen-bond acceptors (Lipinski definition) is 4. The minimum atomic E-state index is -0.559. The van der Waals surface area contributed by atoms with E-state index < -0.39 is 6.10 Å². The number of hydrogen-bond donors (Lipinski definition) is 2. The molecule has 6 heteroatoms. The molecule has 2 aromatic rings. The van der Waals surface area contributed by atoms with Gasteiger partial charge in [0.15, 0.2) is 6.10 Å². The number of amides is 2. The molecule has 0 spiro atoms. The zero-order chi connectivity index (χ0) is 16.4. The van der Waals surface area contributed by atoms with Crippen molar-refractivity contribution in [3.05, 3.63) is 53.6 Å². The topological polar surface area (TPSA) is 91.2 Å². The summed E-state index contributed by atoms with van der Waals surface area (Å²) in [5.74, 6) is -0.0623. The highest BCUT2D eigenvalue weighted by molar-refractivity contribution is 6.06. The SMILES string of the molecule is CC1Oc2ccc(C(=O)Nc3cccc(C#N)c3)cc2NC1=O. The normalized spacial score (nSPS) is 15.7. The molecule has 114 valence electrons. The van der Waals surface area contributed by atoms with Crippen molar-refractivity contribution < 1.29 is 14.3 Å². The van der Waals surface area contributed by atoms with Crippen molar-refractivity contribution in [1.29, 1.82) is 5.26 Å². The van der Waals surface area contributed by atoms with Gasteiger partial charge in [-0.2, -0.15) is 5.26 Å². The molecule has 2 aromatic carbocycles. The Morgan fingerprint density at radius 3 is 2.91 bits per heavy atom. The van der Waals surface area contributed by atoms with Crippen LogP contribution in [0.3, 0.4) is 0 Å². The smallest absolute Gasteiger partial charge is 0.265 e. The van der Waals surface area contributed by atoms with Crippen LogP contribution in [0.15, 0.2) is 42.5 Å². The number of ether oxygens (including phenoxy) is 1. The quantitative estimate of drug-likeness (QED) is 0.892. The largest absolute Gasteiger partial charge is 0.479 e. The van der Waals surface area contributed by atoms with Crippen LogP contribution in [0.1, 0.15) is 22.8 Å². The lowest BCUT2D eigenvalue weighted by Crippen LogP contribution is -2.34. The van der Waals surface area contributed by atoms with Crippen molar-refractivity contribution >= 4 is 23.2 Å². The van der Waals surface area contributed by atoms with Crippen molar-refractivity contribution in [2.75, 3.05) is 10.6 Å². The molecule has 0 aromatic heterocycles. The van der Waals surface area contributed by atoms with Gasteiger partial charge in [0.2, 0.25) is 0 Å². The number of nitriles is 1.